The van der Waals surface area contributed by atoms with Crippen LogP contribution in [0.4, 0.5) is 4.79 Å². The van der Waals surface area contributed by atoms with Crippen molar-refractivity contribution in [2.75, 3.05) is 13.1 Å². The number of carboxylic acid groups (broad SMARTS) is 1. The Balaban J connectivity index is 1.96. The lowest BCUT2D eigenvalue weighted by atomic mass is 10.2. The van der Waals surface area contributed by atoms with Crippen LogP contribution in [-0.4, -0.2) is 51.0 Å². The van der Waals surface area contributed by atoms with Crippen LogP contribution in [0.3, 0.4) is 0 Å². The van der Waals surface area contributed by atoms with Crippen LogP contribution in [0.2, 0.25) is 0 Å². The van der Waals surface area contributed by atoms with Gasteiger partial charge in [0.25, 0.3) is 0 Å². The van der Waals surface area contributed by atoms with E-state index in [4.69, 9.17) is 10.2 Å². The zero-order valence-corrected chi connectivity index (χ0v) is 11.2. The van der Waals surface area contributed by atoms with Crippen molar-refractivity contribution in [1.29, 1.82) is 0 Å². The molecule has 0 aliphatic rings. The van der Waals surface area contributed by atoms with Gasteiger partial charge in [0.2, 0.25) is 0 Å². The van der Waals surface area contributed by atoms with Crippen molar-refractivity contribution in [1.82, 2.24) is 20.2 Å². The van der Waals surface area contributed by atoms with Crippen LogP contribution in [0, 0.1) is 0 Å². The van der Waals surface area contributed by atoms with Gasteiger partial charge >= 0.3 is 12.0 Å². The molecule has 1 rings (SSSR count). The number of imidazole rings is 1. The minimum atomic E-state index is -1.44. The molecule has 0 radical (unpaired) electrons. The van der Waals surface area contributed by atoms with Crippen molar-refractivity contribution < 1.29 is 19.8 Å². The van der Waals surface area contributed by atoms with Crippen molar-refractivity contribution in [3.05, 3.63) is 18.7 Å². The lowest BCUT2D eigenvalue weighted by Gasteiger charge is -2.09. The van der Waals surface area contributed by atoms with Gasteiger partial charge in [-0.05, 0) is 12.8 Å². The van der Waals surface area contributed by atoms with E-state index in [0.717, 1.165) is 19.4 Å². The van der Waals surface area contributed by atoms with Gasteiger partial charge in [0.15, 0.2) is 6.10 Å². The number of nitrogens with zero attached hydrogens (tertiary/aromatic N) is 2. The summed E-state index contributed by atoms with van der Waals surface area (Å²) in [7, 11) is 0. The average molecular weight is 284 g/mol. The van der Waals surface area contributed by atoms with E-state index in [2.05, 4.69) is 15.6 Å². The standard InChI is InChI=1S/C12H20N4O4/c17-10(11(18)19)3-5-15-12(20)14-4-1-2-7-16-8-6-13-9-16/h6,8-10,17H,1-5,7H2,(H,18,19)(H2,14,15,20). The molecule has 0 aliphatic heterocycles. The van der Waals surface area contributed by atoms with E-state index in [1.165, 1.54) is 0 Å². The summed E-state index contributed by atoms with van der Waals surface area (Å²) in [6.07, 6.45) is 5.66. The Morgan fingerprint density at radius 1 is 1.25 bits per heavy atom. The molecule has 0 saturated carbocycles. The summed E-state index contributed by atoms with van der Waals surface area (Å²) in [5, 5.41) is 22.6. The van der Waals surface area contributed by atoms with Crippen molar-refractivity contribution >= 4 is 12.0 Å². The number of carbonyl (C=O) groups is 2. The zero-order chi connectivity index (χ0) is 14.8. The number of carboxylic acids is 1. The van der Waals surface area contributed by atoms with Crippen LogP contribution in [0.25, 0.3) is 0 Å². The number of unbranched alkanes of at least 4 members (excludes halogenated alkanes) is 1. The fourth-order valence-corrected chi connectivity index (χ4v) is 1.55. The molecule has 4 N–H and O–H groups in total. The molecule has 0 fully saturated rings. The van der Waals surface area contributed by atoms with Gasteiger partial charge in [-0.3, -0.25) is 0 Å². The Bertz CT molecular complexity index is 408. The average Bonchev–Trinajstić information content (AvgIpc) is 2.91. The van der Waals surface area contributed by atoms with Crippen molar-refractivity contribution in [2.45, 2.75) is 31.9 Å². The molecule has 0 aliphatic carbocycles. The highest BCUT2D eigenvalue weighted by molar-refractivity contribution is 5.74. The van der Waals surface area contributed by atoms with Gasteiger partial charge in [-0.25, -0.2) is 14.6 Å². The number of carbonyl (C=O) groups excluding carboxylic acids is 1. The number of aliphatic hydroxyl groups is 1. The van der Waals surface area contributed by atoms with E-state index in [9.17, 15) is 9.59 Å². The second-order valence-corrected chi connectivity index (χ2v) is 4.33. The van der Waals surface area contributed by atoms with Gasteiger partial charge in [0, 0.05) is 38.4 Å². The van der Waals surface area contributed by atoms with E-state index in [1.54, 1.807) is 12.5 Å². The van der Waals surface area contributed by atoms with Gasteiger partial charge < -0.3 is 25.4 Å². The van der Waals surface area contributed by atoms with E-state index in [-0.39, 0.29) is 19.0 Å². The molecule has 0 spiro atoms. The van der Waals surface area contributed by atoms with Crippen LogP contribution in [-0.2, 0) is 11.3 Å². The molecule has 1 aromatic heterocycles. The van der Waals surface area contributed by atoms with Crippen LogP contribution in [0.1, 0.15) is 19.3 Å². The number of aromatic nitrogens is 2. The molecule has 8 nitrogen and oxygen atoms in total. The molecule has 20 heavy (non-hydrogen) atoms. The Morgan fingerprint density at radius 3 is 2.65 bits per heavy atom. The molecular formula is C12H20N4O4. The second-order valence-electron chi connectivity index (χ2n) is 4.33. The molecule has 1 atom stereocenters. The maximum atomic E-state index is 11.3. The number of nitrogens with one attached hydrogen (secondary N) is 2. The number of aryl methyl sites for hydroxylation is 1. The van der Waals surface area contributed by atoms with Gasteiger partial charge in [0.05, 0.1) is 6.33 Å². The predicted octanol–water partition coefficient (Wildman–Crippen LogP) is -0.202. The van der Waals surface area contributed by atoms with E-state index < -0.39 is 12.1 Å². The smallest absolute Gasteiger partial charge is 0.332 e. The molecule has 0 aromatic carbocycles. The highest BCUT2D eigenvalue weighted by Crippen LogP contribution is 1.94. The lowest BCUT2D eigenvalue weighted by Crippen LogP contribution is -2.38. The molecule has 1 heterocycles. The first-order chi connectivity index (χ1) is 9.59. The van der Waals surface area contributed by atoms with Crippen molar-refractivity contribution in [3.8, 4) is 0 Å². The highest BCUT2D eigenvalue weighted by atomic mass is 16.4. The van der Waals surface area contributed by atoms with Crippen molar-refractivity contribution in [2.24, 2.45) is 0 Å². The van der Waals surface area contributed by atoms with Crippen LogP contribution in [0.15, 0.2) is 18.7 Å². The predicted molar refractivity (Wildman–Crippen MR) is 71.1 cm³/mol. The first-order valence-corrected chi connectivity index (χ1v) is 6.48. The van der Waals surface area contributed by atoms with E-state index in [1.807, 2.05) is 10.8 Å². The number of hydrogen-bond acceptors (Lipinski definition) is 4. The number of rotatable bonds is 9. The molecule has 8 heteroatoms. The SMILES string of the molecule is O=C(NCCCCn1ccnc1)NCCC(O)C(=O)O. The van der Waals surface area contributed by atoms with E-state index in [0.29, 0.717) is 6.54 Å². The van der Waals surface area contributed by atoms with Gasteiger partial charge in [0.1, 0.15) is 0 Å². The zero-order valence-electron chi connectivity index (χ0n) is 11.2. The second kappa shape index (κ2) is 8.92. The van der Waals surface area contributed by atoms with Crippen molar-refractivity contribution in [3.63, 3.8) is 0 Å². The summed E-state index contributed by atoms with van der Waals surface area (Å²) < 4.78 is 1.97. The Labute approximate surface area is 116 Å². The number of urea groups is 1. The third-order valence-electron chi connectivity index (χ3n) is 2.68. The number of hydrogen-bond donors (Lipinski definition) is 4. The summed E-state index contributed by atoms with van der Waals surface area (Å²) in [5.74, 6) is -1.29. The molecule has 1 unspecified atom stereocenters. The molecule has 0 saturated heterocycles. The van der Waals surface area contributed by atoms with E-state index >= 15 is 0 Å². The highest BCUT2D eigenvalue weighted by Gasteiger charge is 2.12. The topological polar surface area (TPSA) is 116 Å². The first-order valence-electron chi connectivity index (χ1n) is 6.48. The maximum Gasteiger partial charge on any atom is 0.332 e. The maximum absolute atomic E-state index is 11.3. The molecule has 0 bridgehead atoms. The summed E-state index contributed by atoms with van der Waals surface area (Å²) in [5.41, 5.74) is 0. The number of amides is 2. The third kappa shape index (κ3) is 6.74. The summed E-state index contributed by atoms with van der Waals surface area (Å²) >= 11 is 0. The lowest BCUT2D eigenvalue weighted by molar-refractivity contribution is -0.146. The monoisotopic (exact) mass is 284 g/mol. The summed E-state index contributed by atoms with van der Waals surface area (Å²) in [4.78, 5) is 25.6. The Hall–Kier alpha value is -2.09. The quantitative estimate of drug-likeness (QED) is 0.468. The molecule has 1 aromatic rings. The van der Waals surface area contributed by atoms with Crippen LogP contribution < -0.4 is 10.6 Å². The van der Waals surface area contributed by atoms with Gasteiger partial charge in [-0.1, -0.05) is 0 Å². The summed E-state index contributed by atoms with van der Waals surface area (Å²) in [6.45, 7) is 1.52. The molecular weight excluding hydrogens is 264 g/mol. The number of aliphatic hydroxyl groups excluding tert-OH is 1. The first kappa shape index (κ1) is 16.0. The van der Waals surface area contributed by atoms with Crippen LogP contribution >= 0.6 is 0 Å². The minimum Gasteiger partial charge on any atom is -0.479 e. The fraction of sp³-hybridized carbons (Fsp3) is 0.583. The fourth-order valence-electron chi connectivity index (χ4n) is 1.55. The van der Waals surface area contributed by atoms with Gasteiger partial charge in [-0.15, -0.1) is 0 Å². The largest absolute Gasteiger partial charge is 0.479 e. The Morgan fingerprint density at radius 2 is 2.00 bits per heavy atom. The number of aliphatic carboxylic acids is 1. The summed E-state index contributed by atoms with van der Waals surface area (Å²) in [6, 6.07) is -0.356. The minimum absolute atomic E-state index is 0.0105. The molecule has 2 amide bonds. The van der Waals surface area contributed by atoms with Gasteiger partial charge in [-0.2, -0.15) is 0 Å². The third-order valence-corrected chi connectivity index (χ3v) is 2.68. The van der Waals surface area contributed by atoms with Crippen LogP contribution in [0.5, 0.6) is 0 Å². The normalized spacial score (nSPS) is 11.8. The Kier molecular flexibility index (Phi) is 7.12. The molecule has 112 valence electrons.